The Labute approximate surface area is 113 Å². The molecule has 0 saturated heterocycles. The molecule has 2 rings (SSSR count). The second kappa shape index (κ2) is 5.44. The van der Waals surface area contributed by atoms with Gasteiger partial charge in [0, 0.05) is 10.4 Å². The molecule has 0 atom stereocenters. The van der Waals surface area contributed by atoms with Gasteiger partial charge in [-0.1, -0.05) is 0 Å². The molecule has 0 spiro atoms. The minimum atomic E-state index is -1.03. The summed E-state index contributed by atoms with van der Waals surface area (Å²) in [7, 11) is 0. The summed E-state index contributed by atoms with van der Waals surface area (Å²) in [6.45, 7) is 4.12. The predicted molar refractivity (Wildman–Crippen MR) is 69.1 cm³/mol. The number of benzene rings is 1. The van der Waals surface area contributed by atoms with E-state index >= 15 is 0 Å². The molecule has 6 heteroatoms. The number of halogens is 2. The van der Waals surface area contributed by atoms with Gasteiger partial charge in [0.2, 0.25) is 0 Å². The number of aryl methyl sites for hydroxylation is 2. The Bertz CT molecular complexity index is 606. The molecule has 1 heterocycles. The van der Waals surface area contributed by atoms with Crippen LogP contribution in [-0.2, 0) is 6.54 Å². The first-order valence-electron chi connectivity index (χ1n) is 5.63. The lowest BCUT2D eigenvalue weighted by atomic mass is 10.2. The zero-order chi connectivity index (χ0) is 14.0. The number of aromatic nitrogens is 1. The van der Waals surface area contributed by atoms with Crippen LogP contribution in [0.3, 0.4) is 0 Å². The molecular weight excluding hydrogens is 270 g/mol. The van der Waals surface area contributed by atoms with E-state index in [0.717, 1.165) is 27.7 Å². The third kappa shape index (κ3) is 3.14. The maximum absolute atomic E-state index is 13.0. The van der Waals surface area contributed by atoms with Crippen molar-refractivity contribution in [3.8, 4) is 0 Å². The standard InChI is InChI=1S/C13H12F2N2OS/c1-7-8(2)19-12(17-7)6-16-13(18)9-3-4-10(14)11(15)5-9/h3-5H,6H2,1-2H3,(H,16,18). The van der Waals surface area contributed by atoms with Crippen LogP contribution < -0.4 is 5.32 Å². The number of rotatable bonds is 3. The summed E-state index contributed by atoms with van der Waals surface area (Å²) in [4.78, 5) is 17.1. The lowest BCUT2D eigenvalue weighted by molar-refractivity contribution is 0.0950. The number of hydrogen-bond acceptors (Lipinski definition) is 3. The van der Waals surface area contributed by atoms with Crippen molar-refractivity contribution in [2.45, 2.75) is 20.4 Å². The van der Waals surface area contributed by atoms with Gasteiger partial charge in [-0.2, -0.15) is 0 Å². The van der Waals surface area contributed by atoms with Crippen LogP contribution in [0.15, 0.2) is 18.2 Å². The summed E-state index contributed by atoms with van der Waals surface area (Å²) in [6.07, 6.45) is 0. The van der Waals surface area contributed by atoms with E-state index < -0.39 is 17.5 Å². The number of hydrogen-bond donors (Lipinski definition) is 1. The fourth-order valence-corrected chi connectivity index (χ4v) is 2.38. The Kier molecular flexibility index (Phi) is 3.90. The molecule has 0 radical (unpaired) electrons. The van der Waals surface area contributed by atoms with Crippen molar-refractivity contribution < 1.29 is 13.6 Å². The molecule has 1 N–H and O–H groups in total. The van der Waals surface area contributed by atoms with E-state index in [9.17, 15) is 13.6 Å². The number of amides is 1. The Morgan fingerprint density at radius 1 is 1.32 bits per heavy atom. The molecule has 100 valence electrons. The highest BCUT2D eigenvalue weighted by Gasteiger charge is 2.10. The van der Waals surface area contributed by atoms with E-state index in [2.05, 4.69) is 10.3 Å². The van der Waals surface area contributed by atoms with Crippen molar-refractivity contribution in [1.29, 1.82) is 0 Å². The van der Waals surface area contributed by atoms with Gasteiger partial charge in [0.15, 0.2) is 11.6 Å². The average Bonchev–Trinajstić information content (AvgIpc) is 2.69. The van der Waals surface area contributed by atoms with Crippen LogP contribution in [0.25, 0.3) is 0 Å². The van der Waals surface area contributed by atoms with Gasteiger partial charge in [-0.3, -0.25) is 4.79 Å². The third-order valence-electron chi connectivity index (χ3n) is 2.65. The fourth-order valence-electron chi connectivity index (χ4n) is 1.51. The van der Waals surface area contributed by atoms with Gasteiger partial charge in [-0.25, -0.2) is 13.8 Å². The molecule has 1 aromatic carbocycles. The lowest BCUT2D eigenvalue weighted by Gasteiger charge is -2.03. The lowest BCUT2D eigenvalue weighted by Crippen LogP contribution is -2.22. The maximum Gasteiger partial charge on any atom is 0.251 e. The van der Waals surface area contributed by atoms with Crippen molar-refractivity contribution in [1.82, 2.24) is 10.3 Å². The van der Waals surface area contributed by atoms with E-state index in [-0.39, 0.29) is 12.1 Å². The molecule has 19 heavy (non-hydrogen) atoms. The first-order valence-corrected chi connectivity index (χ1v) is 6.45. The maximum atomic E-state index is 13.0. The van der Waals surface area contributed by atoms with Gasteiger partial charge in [-0.15, -0.1) is 11.3 Å². The normalized spacial score (nSPS) is 10.5. The highest BCUT2D eigenvalue weighted by Crippen LogP contribution is 2.16. The van der Waals surface area contributed by atoms with Crippen LogP contribution in [-0.4, -0.2) is 10.9 Å². The van der Waals surface area contributed by atoms with Gasteiger partial charge < -0.3 is 5.32 Å². The van der Waals surface area contributed by atoms with E-state index in [1.165, 1.54) is 17.4 Å². The van der Waals surface area contributed by atoms with Crippen molar-refractivity contribution in [2.24, 2.45) is 0 Å². The van der Waals surface area contributed by atoms with Crippen LogP contribution in [0.4, 0.5) is 8.78 Å². The zero-order valence-electron chi connectivity index (χ0n) is 10.5. The molecule has 0 unspecified atom stereocenters. The van der Waals surface area contributed by atoms with Gasteiger partial charge in [0.05, 0.1) is 12.2 Å². The number of nitrogens with zero attached hydrogens (tertiary/aromatic N) is 1. The molecule has 1 amide bonds. The highest BCUT2D eigenvalue weighted by molar-refractivity contribution is 7.11. The van der Waals surface area contributed by atoms with Crippen molar-refractivity contribution >= 4 is 17.2 Å². The Morgan fingerprint density at radius 2 is 2.05 bits per heavy atom. The van der Waals surface area contributed by atoms with Crippen molar-refractivity contribution in [3.05, 3.63) is 51.0 Å². The summed E-state index contributed by atoms with van der Waals surface area (Å²) < 4.78 is 25.7. The zero-order valence-corrected chi connectivity index (χ0v) is 11.3. The number of carbonyl (C=O) groups excluding carboxylic acids is 1. The number of thiazole rings is 1. The molecule has 1 aromatic heterocycles. The highest BCUT2D eigenvalue weighted by atomic mass is 32.1. The summed E-state index contributed by atoms with van der Waals surface area (Å²) in [5.41, 5.74) is 1.02. The molecule has 0 bridgehead atoms. The molecule has 0 aliphatic rings. The summed E-state index contributed by atoms with van der Waals surface area (Å²) >= 11 is 1.50. The molecular formula is C13H12F2N2OS. The quantitative estimate of drug-likeness (QED) is 0.940. The van der Waals surface area contributed by atoms with Gasteiger partial charge in [0.1, 0.15) is 5.01 Å². The van der Waals surface area contributed by atoms with Gasteiger partial charge in [-0.05, 0) is 32.0 Å². The van der Waals surface area contributed by atoms with Crippen LogP contribution in [0.2, 0.25) is 0 Å². The van der Waals surface area contributed by atoms with Crippen LogP contribution in [0.1, 0.15) is 25.9 Å². The van der Waals surface area contributed by atoms with E-state index in [4.69, 9.17) is 0 Å². The first-order chi connectivity index (χ1) is 8.97. The van der Waals surface area contributed by atoms with Gasteiger partial charge in [0.25, 0.3) is 5.91 Å². The second-order valence-electron chi connectivity index (χ2n) is 4.06. The Morgan fingerprint density at radius 3 is 2.63 bits per heavy atom. The fraction of sp³-hybridized carbons (Fsp3) is 0.231. The summed E-state index contributed by atoms with van der Waals surface area (Å²) in [5.74, 6) is -2.46. The summed E-state index contributed by atoms with van der Waals surface area (Å²) in [5, 5.41) is 3.41. The SMILES string of the molecule is Cc1nc(CNC(=O)c2ccc(F)c(F)c2)sc1C. The molecule has 3 nitrogen and oxygen atoms in total. The Hall–Kier alpha value is -1.82. The van der Waals surface area contributed by atoms with Gasteiger partial charge >= 0.3 is 0 Å². The summed E-state index contributed by atoms with van der Waals surface area (Å²) in [6, 6.07) is 3.05. The molecule has 0 aliphatic heterocycles. The van der Waals surface area contributed by atoms with E-state index in [1.807, 2.05) is 13.8 Å². The monoisotopic (exact) mass is 282 g/mol. The number of carbonyl (C=O) groups is 1. The largest absolute Gasteiger partial charge is 0.346 e. The third-order valence-corrected chi connectivity index (χ3v) is 3.73. The smallest absolute Gasteiger partial charge is 0.251 e. The second-order valence-corrected chi connectivity index (χ2v) is 5.35. The topological polar surface area (TPSA) is 42.0 Å². The molecule has 0 fully saturated rings. The van der Waals surface area contributed by atoms with Crippen LogP contribution in [0, 0.1) is 25.5 Å². The van der Waals surface area contributed by atoms with Crippen molar-refractivity contribution in [3.63, 3.8) is 0 Å². The van der Waals surface area contributed by atoms with Crippen molar-refractivity contribution in [2.75, 3.05) is 0 Å². The van der Waals surface area contributed by atoms with Crippen LogP contribution in [0.5, 0.6) is 0 Å². The molecule has 0 aliphatic carbocycles. The minimum Gasteiger partial charge on any atom is -0.346 e. The van der Waals surface area contributed by atoms with E-state index in [1.54, 1.807) is 0 Å². The number of nitrogens with one attached hydrogen (secondary N) is 1. The average molecular weight is 282 g/mol. The van der Waals surface area contributed by atoms with E-state index in [0.29, 0.717) is 0 Å². The first kappa shape index (κ1) is 13.6. The molecule has 0 saturated carbocycles. The molecule has 2 aromatic rings. The minimum absolute atomic E-state index is 0.0869. The predicted octanol–water partition coefficient (Wildman–Crippen LogP) is 2.97. The van der Waals surface area contributed by atoms with Crippen LogP contribution >= 0.6 is 11.3 Å². The Balaban J connectivity index is 2.03.